The van der Waals surface area contributed by atoms with Gasteiger partial charge in [-0.3, -0.25) is 0 Å². The number of hydrogen-bond acceptors (Lipinski definition) is 8. The summed E-state index contributed by atoms with van der Waals surface area (Å²) in [5.74, 6) is 2.70. The molecule has 0 amide bonds. The van der Waals surface area contributed by atoms with Gasteiger partial charge in [0, 0.05) is 11.6 Å². The number of rotatable bonds is 6. The number of hydrogen-bond donors (Lipinski definition) is 1. The molecule has 146 valence electrons. The van der Waals surface area contributed by atoms with Crippen molar-refractivity contribution in [2.45, 2.75) is 6.92 Å². The number of anilines is 2. The van der Waals surface area contributed by atoms with E-state index in [9.17, 15) is 0 Å². The van der Waals surface area contributed by atoms with E-state index in [-0.39, 0.29) is 0 Å². The number of methoxy groups -OCH3 is 2. The molecule has 2 aromatic carbocycles. The third kappa shape index (κ3) is 4.01. The van der Waals surface area contributed by atoms with E-state index in [4.69, 9.17) is 14.0 Å². The third-order valence-electron chi connectivity index (χ3n) is 4.29. The summed E-state index contributed by atoms with van der Waals surface area (Å²) in [6.07, 6.45) is 0. The molecule has 0 atom stereocenters. The van der Waals surface area contributed by atoms with Crippen LogP contribution in [0.25, 0.3) is 23.0 Å². The minimum Gasteiger partial charge on any atom is -0.497 e. The number of nitrogens with zero attached hydrogens (tertiary/aromatic N) is 4. The van der Waals surface area contributed by atoms with Crippen molar-refractivity contribution in [3.05, 3.63) is 60.2 Å². The summed E-state index contributed by atoms with van der Waals surface area (Å²) in [4.78, 5) is 4.41. The molecule has 0 unspecified atom stereocenters. The highest BCUT2D eigenvalue weighted by Gasteiger charge is 2.13. The van der Waals surface area contributed by atoms with Crippen LogP contribution >= 0.6 is 0 Å². The van der Waals surface area contributed by atoms with Gasteiger partial charge in [-0.2, -0.15) is 4.98 Å². The first-order valence-corrected chi connectivity index (χ1v) is 8.90. The lowest BCUT2D eigenvalue weighted by atomic mass is 10.1. The Labute approximate surface area is 167 Å². The Morgan fingerprint density at radius 3 is 2.41 bits per heavy atom. The van der Waals surface area contributed by atoms with Crippen molar-refractivity contribution in [2.75, 3.05) is 19.5 Å². The van der Waals surface area contributed by atoms with E-state index in [1.54, 1.807) is 32.4 Å². The first-order chi connectivity index (χ1) is 14.2. The van der Waals surface area contributed by atoms with Crippen LogP contribution in [0.1, 0.15) is 5.56 Å². The molecular weight excluding hydrogens is 370 g/mol. The minimum atomic E-state index is 0.307. The Hall–Kier alpha value is -3.94. The molecule has 4 aromatic rings. The first-order valence-electron chi connectivity index (χ1n) is 8.90. The second kappa shape index (κ2) is 7.97. The van der Waals surface area contributed by atoms with Crippen molar-refractivity contribution in [1.82, 2.24) is 20.3 Å². The van der Waals surface area contributed by atoms with Gasteiger partial charge in [0.1, 0.15) is 11.5 Å². The molecule has 2 heterocycles. The molecule has 8 heteroatoms. The first kappa shape index (κ1) is 18.4. The summed E-state index contributed by atoms with van der Waals surface area (Å²) in [6, 6.07) is 16.9. The molecule has 0 spiro atoms. The molecule has 0 radical (unpaired) electrons. The Morgan fingerprint density at radius 1 is 0.897 bits per heavy atom. The topological polar surface area (TPSA) is 95.2 Å². The van der Waals surface area contributed by atoms with Crippen LogP contribution in [0.5, 0.6) is 11.5 Å². The second-order valence-electron chi connectivity index (χ2n) is 6.28. The van der Waals surface area contributed by atoms with Crippen LogP contribution in [0.3, 0.4) is 0 Å². The monoisotopic (exact) mass is 389 g/mol. The average Bonchev–Trinajstić information content (AvgIpc) is 3.25. The van der Waals surface area contributed by atoms with Crippen LogP contribution in [0, 0.1) is 6.92 Å². The summed E-state index contributed by atoms with van der Waals surface area (Å²) >= 11 is 0. The number of ether oxygens (including phenoxy) is 2. The maximum absolute atomic E-state index is 5.38. The van der Waals surface area contributed by atoms with E-state index in [0.717, 1.165) is 11.3 Å². The quantitative estimate of drug-likeness (QED) is 0.523. The van der Waals surface area contributed by atoms with Gasteiger partial charge in [-0.25, -0.2) is 0 Å². The molecule has 0 aliphatic heterocycles. The lowest BCUT2D eigenvalue weighted by Crippen LogP contribution is -1.99. The van der Waals surface area contributed by atoms with Crippen LogP contribution in [0.15, 0.2) is 59.1 Å². The van der Waals surface area contributed by atoms with E-state index in [1.807, 2.05) is 43.3 Å². The molecule has 0 aliphatic carbocycles. The molecule has 2 aromatic heterocycles. The number of benzene rings is 2. The number of aromatic nitrogens is 4. The summed E-state index contributed by atoms with van der Waals surface area (Å²) in [5, 5.41) is 15.6. The van der Waals surface area contributed by atoms with Gasteiger partial charge in [0.2, 0.25) is 5.82 Å². The normalized spacial score (nSPS) is 10.6. The predicted molar refractivity (Wildman–Crippen MR) is 108 cm³/mol. The van der Waals surface area contributed by atoms with Crippen LogP contribution in [-0.2, 0) is 0 Å². The Morgan fingerprint density at radius 2 is 1.72 bits per heavy atom. The Bertz CT molecular complexity index is 1110. The fourth-order valence-corrected chi connectivity index (χ4v) is 2.70. The fourth-order valence-electron chi connectivity index (χ4n) is 2.70. The average molecular weight is 389 g/mol. The van der Waals surface area contributed by atoms with Crippen molar-refractivity contribution < 1.29 is 14.0 Å². The van der Waals surface area contributed by atoms with Gasteiger partial charge in [0.15, 0.2) is 11.5 Å². The van der Waals surface area contributed by atoms with Crippen LogP contribution in [-0.4, -0.2) is 34.6 Å². The van der Waals surface area contributed by atoms with Gasteiger partial charge in [0.25, 0.3) is 5.89 Å². The van der Waals surface area contributed by atoms with E-state index >= 15 is 0 Å². The predicted octanol–water partition coefficient (Wildman–Crippen LogP) is 4.26. The van der Waals surface area contributed by atoms with Crippen LogP contribution in [0.2, 0.25) is 0 Å². The highest BCUT2D eigenvalue weighted by molar-refractivity contribution is 5.66. The standard InChI is InChI=1S/C21H19N5O3/c1-13-4-6-14(7-5-13)20-23-21(29-26-20)17-10-11-19(25-24-17)22-16-9-8-15(27-2)12-18(16)28-3/h4-12H,1-3H3,(H,22,25). The minimum absolute atomic E-state index is 0.307. The summed E-state index contributed by atoms with van der Waals surface area (Å²) in [7, 11) is 3.20. The van der Waals surface area contributed by atoms with Crippen molar-refractivity contribution in [3.8, 4) is 34.5 Å². The van der Waals surface area contributed by atoms with Gasteiger partial charge < -0.3 is 19.3 Å². The fraction of sp³-hybridized carbons (Fsp3) is 0.143. The zero-order valence-electron chi connectivity index (χ0n) is 16.2. The lowest BCUT2D eigenvalue weighted by Gasteiger charge is -2.11. The van der Waals surface area contributed by atoms with Crippen molar-refractivity contribution >= 4 is 11.5 Å². The van der Waals surface area contributed by atoms with Gasteiger partial charge >= 0.3 is 0 Å². The maximum atomic E-state index is 5.38. The van der Waals surface area contributed by atoms with Crippen molar-refractivity contribution in [3.63, 3.8) is 0 Å². The van der Waals surface area contributed by atoms with Gasteiger partial charge in [-0.05, 0) is 31.2 Å². The van der Waals surface area contributed by atoms with Crippen LogP contribution < -0.4 is 14.8 Å². The van der Waals surface area contributed by atoms with Gasteiger partial charge in [-0.1, -0.05) is 35.0 Å². The molecule has 0 aliphatic rings. The molecular formula is C21H19N5O3. The molecule has 29 heavy (non-hydrogen) atoms. The van der Waals surface area contributed by atoms with E-state index in [2.05, 4.69) is 25.7 Å². The number of aryl methyl sites for hydroxylation is 1. The second-order valence-corrected chi connectivity index (χ2v) is 6.28. The van der Waals surface area contributed by atoms with E-state index in [1.165, 1.54) is 5.56 Å². The smallest absolute Gasteiger partial charge is 0.278 e. The van der Waals surface area contributed by atoms with Crippen molar-refractivity contribution in [1.29, 1.82) is 0 Å². The Balaban J connectivity index is 1.52. The van der Waals surface area contributed by atoms with E-state index in [0.29, 0.717) is 34.7 Å². The van der Waals surface area contributed by atoms with Crippen molar-refractivity contribution in [2.24, 2.45) is 0 Å². The molecule has 0 bridgehead atoms. The van der Waals surface area contributed by atoms with Gasteiger partial charge in [-0.15, -0.1) is 10.2 Å². The van der Waals surface area contributed by atoms with Gasteiger partial charge in [0.05, 0.1) is 19.9 Å². The largest absolute Gasteiger partial charge is 0.497 e. The highest BCUT2D eigenvalue weighted by atomic mass is 16.5. The molecule has 0 fully saturated rings. The number of nitrogens with one attached hydrogen (secondary N) is 1. The molecule has 0 saturated carbocycles. The zero-order chi connectivity index (χ0) is 20.2. The maximum Gasteiger partial charge on any atom is 0.278 e. The summed E-state index contributed by atoms with van der Waals surface area (Å²) in [6.45, 7) is 2.03. The third-order valence-corrected chi connectivity index (χ3v) is 4.29. The zero-order valence-corrected chi connectivity index (χ0v) is 16.2. The molecule has 4 rings (SSSR count). The highest BCUT2D eigenvalue weighted by Crippen LogP contribution is 2.31. The Kier molecular flexibility index (Phi) is 5.07. The molecule has 8 nitrogen and oxygen atoms in total. The summed E-state index contributed by atoms with van der Waals surface area (Å²) < 4.78 is 15.9. The molecule has 0 saturated heterocycles. The van der Waals surface area contributed by atoms with Crippen LogP contribution in [0.4, 0.5) is 11.5 Å². The SMILES string of the molecule is COc1ccc(Nc2ccc(-c3nc(-c4ccc(C)cc4)no3)nn2)c(OC)c1. The lowest BCUT2D eigenvalue weighted by molar-refractivity contribution is 0.395. The van der Waals surface area contributed by atoms with E-state index < -0.39 is 0 Å². The summed E-state index contributed by atoms with van der Waals surface area (Å²) in [5.41, 5.74) is 3.28. The molecule has 1 N–H and O–H groups in total.